The summed E-state index contributed by atoms with van der Waals surface area (Å²) in [6, 6.07) is 17.6. The average molecular weight is 324 g/mol. The molecule has 1 saturated carbocycles. The maximum atomic E-state index is 12.9. The molecule has 1 fully saturated rings. The zero-order valence-corrected chi connectivity index (χ0v) is 14.2. The van der Waals surface area contributed by atoms with Crippen LogP contribution in [0.15, 0.2) is 54.6 Å². The van der Waals surface area contributed by atoms with Gasteiger partial charge in [-0.05, 0) is 43.0 Å². The maximum Gasteiger partial charge on any atom is 0.255 e. The number of carbonyl (C=O) groups is 1. The fourth-order valence-electron chi connectivity index (χ4n) is 2.94. The van der Waals surface area contributed by atoms with Crippen LogP contribution in [0, 0.1) is 5.92 Å². The molecule has 1 atom stereocenters. The smallest absolute Gasteiger partial charge is 0.255 e. The molecule has 0 aromatic heterocycles. The van der Waals surface area contributed by atoms with E-state index in [9.17, 15) is 9.90 Å². The van der Waals surface area contributed by atoms with Crippen LogP contribution in [-0.4, -0.2) is 42.7 Å². The third-order valence-corrected chi connectivity index (χ3v) is 4.61. The quantitative estimate of drug-likeness (QED) is 0.887. The van der Waals surface area contributed by atoms with Gasteiger partial charge >= 0.3 is 0 Å². The number of anilines is 2. The van der Waals surface area contributed by atoms with Gasteiger partial charge in [0, 0.05) is 26.3 Å². The van der Waals surface area contributed by atoms with Crippen molar-refractivity contribution in [1.82, 2.24) is 4.90 Å². The van der Waals surface area contributed by atoms with Gasteiger partial charge in [-0.1, -0.05) is 30.3 Å². The first-order valence-corrected chi connectivity index (χ1v) is 8.39. The van der Waals surface area contributed by atoms with Gasteiger partial charge in [0.05, 0.1) is 17.4 Å². The Labute approximate surface area is 143 Å². The molecule has 1 aliphatic carbocycles. The fourth-order valence-corrected chi connectivity index (χ4v) is 2.94. The van der Waals surface area contributed by atoms with Crippen molar-refractivity contribution < 1.29 is 9.90 Å². The molecule has 0 heterocycles. The molecule has 3 rings (SSSR count). The number of benzene rings is 2. The van der Waals surface area contributed by atoms with E-state index in [0.29, 0.717) is 18.0 Å². The van der Waals surface area contributed by atoms with Crippen molar-refractivity contribution in [1.29, 1.82) is 0 Å². The summed E-state index contributed by atoms with van der Waals surface area (Å²) >= 11 is 0. The van der Waals surface area contributed by atoms with Crippen molar-refractivity contribution in [3.63, 3.8) is 0 Å². The summed E-state index contributed by atoms with van der Waals surface area (Å²) < 4.78 is 0. The van der Waals surface area contributed by atoms with Crippen LogP contribution in [0.2, 0.25) is 0 Å². The van der Waals surface area contributed by atoms with Crippen LogP contribution in [0.1, 0.15) is 23.2 Å². The fraction of sp³-hybridized carbons (Fsp3) is 0.350. The molecular weight excluding hydrogens is 300 g/mol. The van der Waals surface area contributed by atoms with Crippen molar-refractivity contribution in [2.45, 2.75) is 18.9 Å². The van der Waals surface area contributed by atoms with E-state index in [1.807, 2.05) is 66.5 Å². The minimum absolute atomic E-state index is 0.0620. The molecule has 0 radical (unpaired) electrons. The van der Waals surface area contributed by atoms with Crippen LogP contribution in [0.5, 0.6) is 0 Å². The van der Waals surface area contributed by atoms with Crippen LogP contribution < -0.4 is 4.90 Å². The Balaban J connectivity index is 1.81. The molecule has 1 N–H and O–H groups in total. The lowest BCUT2D eigenvalue weighted by Crippen LogP contribution is -2.35. The highest BCUT2D eigenvalue weighted by Gasteiger charge is 2.31. The number of rotatable bonds is 6. The average Bonchev–Trinajstić information content (AvgIpc) is 3.46. The van der Waals surface area contributed by atoms with Gasteiger partial charge in [0.1, 0.15) is 0 Å². The Hall–Kier alpha value is -2.33. The zero-order chi connectivity index (χ0) is 17.1. The van der Waals surface area contributed by atoms with Gasteiger partial charge in [0.2, 0.25) is 0 Å². The Morgan fingerprint density at radius 1 is 1.08 bits per heavy atom. The Kier molecular flexibility index (Phi) is 4.86. The predicted octanol–water partition coefficient (Wildman–Crippen LogP) is 3.30. The second-order valence-corrected chi connectivity index (χ2v) is 6.50. The van der Waals surface area contributed by atoms with Crippen LogP contribution in [0.3, 0.4) is 0 Å². The van der Waals surface area contributed by atoms with E-state index in [2.05, 4.69) is 0 Å². The lowest BCUT2D eigenvalue weighted by atomic mass is 10.1. The molecule has 126 valence electrons. The van der Waals surface area contributed by atoms with Gasteiger partial charge < -0.3 is 14.9 Å². The van der Waals surface area contributed by atoms with E-state index < -0.39 is 6.10 Å². The molecule has 0 bridgehead atoms. The van der Waals surface area contributed by atoms with Crippen LogP contribution in [0.25, 0.3) is 0 Å². The minimum atomic E-state index is -0.419. The Morgan fingerprint density at radius 3 is 2.38 bits per heavy atom. The van der Waals surface area contributed by atoms with Crippen molar-refractivity contribution in [3.05, 3.63) is 60.2 Å². The summed E-state index contributed by atoms with van der Waals surface area (Å²) in [4.78, 5) is 16.5. The van der Waals surface area contributed by atoms with Crippen molar-refractivity contribution in [2.24, 2.45) is 5.92 Å². The number of amides is 1. The molecular formula is C20H24N2O2. The molecule has 1 aliphatic rings. The number of aliphatic hydroxyl groups is 1. The molecule has 1 amide bonds. The maximum absolute atomic E-state index is 12.9. The highest BCUT2D eigenvalue weighted by molar-refractivity contribution is 6.00. The number of hydrogen-bond donors (Lipinski definition) is 1. The first-order valence-electron chi connectivity index (χ1n) is 8.39. The summed E-state index contributed by atoms with van der Waals surface area (Å²) in [6.45, 7) is 0.382. The molecule has 2 aromatic rings. The van der Waals surface area contributed by atoms with E-state index in [1.54, 1.807) is 11.9 Å². The molecule has 4 nitrogen and oxygen atoms in total. The van der Waals surface area contributed by atoms with E-state index in [4.69, 9.17) is 0 Å². The number of para-hydroxylation sites is 2. The van der Waals surface area contributed by atoms with Gasteiger partial charge in [0.15, 0.2) is 0 Å². The highest BCUT2D eigenvalue weighted by atomic mass is 16.3. The third kappa shape index (κ3) is 3.60. The number of carbonyl (C=O) groups excluding carboxylic acids is 1. The van der Waals surface area contributed by atoms with Gasteiger partial charge in [-0.15, -0.1) is 0 Å². The molecule has 4 heteroatoms. The molecule has 0 aliphatic heterocycles. The summed E-state index contributed by atoms with van der Waals surface area (Å²) in [5.41, 5.74) is 2.54. The topological polar surface area (TPSA) is 43.8 Å². The SMILES string of the molecule is CN(CC(O)C1CC1)C(=O)c1ccccc1N(C)c1ccccc1. The molecule has 24 heavy (non-hydrogen) atoms. The highest BCUT2D eigenvalue weighted by Crippen LogP contribution is 2.33. The second-order valence-electron chi connectivity index (χ2n) is 6.50. The van der Waals surface area contributed by atoms with Gasteiger partial charge in [-0.2, -0.15) is 0 Å². The van der Waals surface area contributed by atoms with Crippen LogP contribution in [0.4, 0.5) is 11.4 Å². The summed E-state index contributed by atoms with van der Waals surface area (Å²) in [5, 5.41) is 10.1. The van der Waals surface area contributed by atoms with Gasteiger partial charge in [-0.25, -0.2) is 0 Å². The summed E-state index contributed by atoms with van der Waals surface area (Å²) in [7, 11) is 3.72. The van der Waals surface area contributed by atoms with Crippen molar-refractivity contribution in [3.8, 4) is 0 Å². The molecule has 0 saturated heterocycles. The normalized spacial score (nSPS) is 15.0. The summed E-state index contributed by atoms with van der Waals surface area (Å²) in [5.74, 6) is 0.301. The number of aliphatic hydroxyl groups excluding tert-OH is 1. The van der Waals surface area contributed by atoms with E-state index in [-0.39, 0.29) is 5.91 Å². The number of hydrogen-bond acceptors (Lipinski definition) is 3. The number of likely N-dealkylation sites (N-methyl/N-ethyl adjacent to an activating group) is 1. The van der Waals surface area contributed by atoms with Crippen LogP contribution >= 0.6 is 0 Å². The van der Waals surface area contributed by atoms with Gasteiger partial charge in [0.25, 0.3) is 5.91 Å². The first kappa shape index (κ1) is 16.5. The lowest BCUT2D eigenvalue weighted by Gasteiger charge is -2.26. The monoisotopic (exact) mass is 324 g/mol. The summed E-state index contributed by atoms with van der Waals surface area (Å²) in [6.07, 6.45) is 1.71. The largest absolute Gasteiger partial charge is 0.391 e. The van der Waals surface area contributed by atoms with E-state index in [0.717, 1.165) is 24.2 Å². The lowest BCUT2D eigenvalue weighted by molar-refractivity contribution is 0.0646. The Morgan fingerprint density at radius 2 is 1.71 bits per heavy atom. The first-order chi connectivity index (χ1) is 11.6. The van der Waals surface area contributed by atoms with Crippen molar-refractivity contribution >= 4 is 17.3 Å². The van der Waals surface area contributed by atoms with E-state index >= 15 is 0 Å². The Bertz CT molecular complexity index is 698. The standard InChI is InChI=1S/C20H24N2O2/c1-21(14-19(23)15-12-13-15)20(24)17-10-6-7-11-18(17)22(2)16-8-4-3-5-9-16/h3-11,15,19,23H,12-14H2,1-2H3. The zero-order valence-electron chi connectivity index (χ0n) is 14.2. The van der Waals surface area contributed by atoms with E-state index in [1.165, 1.54) is 0 Å². The third-order valence-electron chi connectivity index (χ3n) is 4.61. The van der Waals surface area contributed by atoms with Crippen molar-refractivity contribution in [2.75, 3.05) is 25.5 Å². The molecule has 2 aromatic carbocycles. The molecule has 0 spiro atoms. The minimum Gasteiger partial charge on any atom is -0.391 e. The predicted molar refractivity (Wildman–Crippen MR) is 96.6 cm³/mol. The number of nitrogens with zero attached hydrogens (tertiary/aromatic N) is 2. The second kappa shape index (κ2) is 7.05. The molecule has 1 unspecified atom stereocenters. The van der Waals surface area contributed by atoms with Crippen LogP contribution in [-0.2, 0) is 0 Å². The van der Waals surface area contributed by atoms with Gasteiger partial charge in [-0.3, -0.25) is 4.79 Å².